The van der Waals surface area contributed by atoms with Crippen molar-refractivity contribution in [3.63, 3.8) is 0 Å². The monoisotopic (exact) mass is 358 g/mol. The van der Waals surface area contributed by atoms with Crippen LogP contribution >= 0.6 is 15.9 Å². The first kappa shape index (κ1) is 14.9. The zero-order valence-corrected chi connectivity index (χ0v) is 13.5. The van der Waals surface area contributed by atoms with E-state index in [-0.39, 0.29) is 10.7 Å². The van der Waals surface area contributed by atoms with Crippen LogP contribution in [0.1, 0.15) is 12.5 Å². The maximum atomic E-state index is 12.3. The molecule has 0 fully saturated rings. The van der Waals surface area contributed by atoms with E-state index in [1.54, 1.807) is 18.2 Å². The van der Waals surface area contributed by atoms with Crippen molar-refractivity contribution in [1.82, 2.24) is 9.78 Å². The molecule has 2 aromatic rings. The van der Waals surface area contributed by atoms with E-state index in [1.165, 1.54) is 10.9 Å². The van der Waals surface area contributed by atoms with Gasteiger partial charge in [0.1, 0.15) is 4.90 Å². The number of halogens is 1. The first-order valence-electron chi connectivity index (χ1n) is 5.95. The number of nitrogen functional groups attached to an aromatic ring is 1. The largest absolute Gasteiger partial charge is 0.381 e. The molecule has 0 spiro atoms. The molecule has 0 saturated heterocycles. The lowest BCUT2D eigenvalue weighted by molar-refractivity contribution is 0.600. The molecule has 2 rings (SSSR count). The second-order valence-corrected chi connectivity index (χ2v) is 6.81. The second-order valence-electron chi connectivity index (χ2n) is 4.30. The highest BCUT2D eigenvalue weighted by atomic mass is 79.9. The Bertz CT molecular complexity index is 740. The van der Waals surface area contributed by atoms with Gasteiger partial charge in [-0.25, -0.2) is 8.42 Å². The van der Waals surface area contributed by atoms with Crippen molar-refractivity contribution >= 4 is 37.5 Å². The van der Waals surface area contributed by atoms with Gasteiger partial charge in [-0.1, -0.05) is 15.9 Å². The number of rotatable bonds is 4. The number of nitrogens with two attached hydrogens (primary N) is 1. The van der Waals surface area contributed by atoms with Gasteiger partial charge in [-0.3, -0.25) is 9.40 Å². The summed E-state index contributed by atoms with van der Waals surface area (Å²) in [6.45, 7) is 4.29. The van der Waals surface area contributed by atoms with Crippen LogP contribution in [-0.4, -0.2) is 18.2 Å². The Kier molecular flexibility index (Phi) is 4.05. The highest BCUT2D eigenvalue weighted by Gasteiger charge is 2.21. The number of aromatic nitrogens is 2. The summed E-state index contributed by atoms with van der Waals surface area (Å²) < 4.78 is 29.5. The number of hydrogen-bond donors (Lipinski definition) is 2. The van der Waals surface area contributed by atoms with E-state index in [0.29, 0.717) is 12.2 Å². The van der Waals surface area contributed by atoms with Gasteiger partial charge in [0.05, 0.1) is 0 Å². The fourth-order valence-electron chi connectivity index (χ4n) is 1.71. The molecule has 108 valence electrons. The number of sulfonamides is 1. The third-order valence-electron chi connectivity index (χ3n) is 2.78. The molecule has 20 heavy (non-hydrogen) atoms. The Morgan fingerprint density at radius 3 is 2.70 bits per heavy atom. The summed E-state index contributed by atoms with van der Waals surface area (Å²) in [5.74, 6) is -0.00631. The van der Waals surface area contributed by atoms with Gasteiger partial charge in [0.15, 0.2) is 5.82 Å². The van der Waals surface area contributed by atoms with E-state index in [0.717, 1.165) is 10.0 Å². The van der Waals surface area contributed by atoms with Crippen molar-refractivity contribution in [2.24, 2.45) is 0 Å². The lowest BCUT2D eigenvalue weighted by Crippen LogP contribution is -2.14. The summed E-state index contributed by atoms with van der Waals surface area (Å²) in [5.41, 5.74) is 7.07. The molecule has 1 aromatic carbocycles. The maximum Gasteiger partial charge on any atom is 0.267 e. The Hall–Kier alpha value is -1.54. The second kappa shape index (κ2) is 5.45. The SMILES string of the molecule is CCn1cc(S(=O)(=O)Nc2ccc(Br)c(C)c2)c(N)n1. The van der Waals surface area contributed by atoms with E-state index in [1.807, 2.05) is 13.8 Å². The average molecular weight is 359 g/mol. The lowest BCUT2D eigenvalue weighted by Gasteiger charge is -2.08. The molecule has 0 unspecified atom stereocenters. The number of hydrogen-bond acceptors (Lipinski definition) is 4. The Labute approximate surface area is 126 Å². The number of aryl methyl sites for hydroxylation is 2. The van der Waals surface area contributed by atoms with Gasteiger partial charge < -0.3 is 5.73 Å². The van der Waals surface area contributed by atoms with Crippen LogP contribution in [0.15, 0.2) is 33.8 Å². The van der Waals surface area contributed by atoms with Crippen molar-refractivity contribution in [3.8, 4) is 0 Å². The van der Waals surface area contributed by atoms with E-state index in [4.69, 9.17) is 5.73 Å². The molecular formula is C12H15BrN4O2S. The molecule has 0 saturated carbocycles. The van der Waals surface area contributed by atoms with Crippen LogP contribution in [0.2, 0.25) is 0 Å². The van der Waals surface area contributed by atoms with Crippen molar-refractivity contribution in [1.29, 1.82) is 0 Å². The molecule has 8 heteroatoms. The minimum absolute atomic E-state index is 0.00631. The molecule has 0 atom stereocenters. The summed E-state index contributed by atoms with van der Waals surface area (Å²) in [4.78, 5) is -0.0140. The normalized spacial score (nSPS) is 11.6. The minimum Gasteiger partial charge on any atom is -0.381 e. The Balaban J connectivity index is 2.35. The molecule has 0 aliphatic heterocycles. The van der Waals surface area contributed by atoms with Crippen molar-refractivity contribution in [3.05, 3.63) is 34.4 Å². The zero-order chi connectivity index (χ0) is 14.9. The van der Waals surface area contributed by atoms with Gasteiger partial charge in [-0.05, 0) is 37.6 Å². The van der Waals surface area contributed by atoms with Crippen molar-refractivity contribution in [2.75, 3.05) is 10.5 Å². The number of nitrogens with one attached hydrogen (secondary N) is 1. The zero-order valence-electron chi connectivity index (χ0n) is 11.1. The Morgan fingerprint density at radius 2 is 2.15 bits per heavy atom. The van der Waals surface area contributed by atoms with Crippen LogP contribution in [0.3, 0.4) is 0 Å². The molecular weight excluding hydrogens is 344 g/mol. The summed E-state index contributed by atoms with van der Waals surface area (Å²) in [5, 5.41) is 3.94. The molecule has 0 radical (unpaired) electrons. The molecule has 0 aliphatic rings. The molecule has 0 bridgehead atoms. The first-order chi connectivity index (χ1) is 9.33. The third-order valence-corrected chi connectivity index (χ3v) is 5.07. The summed E-state index contributed by atoms with van der Waals surface area (Å²) in [7, 11) is -3.74. The molecule has 3 N–H and O–H groups in total. The lowest BCUT2D eigenvalue weighted by atomic mass is 10.2. The van der Waals surface area contributed by atoms with E-state index >= 15 is 0 Å². The summed E-state index contributed by atoms with van der Waals surface area (Å²) in [6, 6.07) is 5.20. The van der Waals surface area contributed by atoms with E-state index in [9.17, 15) is 8.42 Å². The number of nitrogens with zero attached hydrogens (tertiary/aromatic N) is 2. The topological polar surface area (TPSA) is 90.0 Å². The van der Waals surface area contributed by atoms with Crippen LogP contribution in [0, 0.1) is 6.92 Å². The minimum atomic E-state index is -3.74. The quantitative estimate of drug-likeness (QED) is 0.877. The van der Waals surface area contributed by atoms with E-state index < -0.39 is 10.0 Å². The fraction of sp³-hybridized carbons (Fsp3) is 0.250. The van der Waals surface area contributed by atoms with Gasteiger partial charge in [-0.2, -0.15) is 5.10 Å². The van der Waals surface area contributed by atoms with Crippen LogP contribution in [0.5, 0.6) is 0 Å². The summed E-state index contributed by atoms with van der Waals surface area (Å²) >= 11 is 3.37. The van der Waals surface area contributed by atoms with Gasteiger partial charge in [0.25, 0.3) is 10.0 Å². The van der Waals surface area contributed by atoms with Crippen LogP contribution in [0.4, 0.5) is 11.5 Å². The fourth-order valence-corrected chi connectivity index (χ4v) is 3.08. The third kappa shape index (κ3) is 2.96. The molecule has 0 aliphatic carbocycles. The average Bonchev–Trinajstić information content (AvgIpc) is 2.76. The molecule has 1 aromatic heterocycles. The highest BCUT2D eigenvalue weighted by Crippen LogP contribution is 2.24. The maximum absolute atomic E-state index is 12.3. The van der Waals surface area contributed by atoms with Gasteiger partial charge in [0, 0.05) is 22.9 Å². The highest BCUT2D eigenvalue weighted by molar-refractivity contribution is 9.10. The predicted octanol–water partition coefficient (Wildman–Crippen LogP) is 2.36. The predicted molar refractivity (Wildman–Crippen MR) is 82.0 cm³/mol. The number of benzene rings is 1. The van der Waals surface area contributed by atoms with Crippen LogP contribution < -0.4 is 10.5 Å². The first-order valence-corrected chi connectivity index (χ1v) is 8.23. The van der Waals surface area contributed by atoms with Gasteiger partial charge in [-0.15, -0.1) is 0 Å². The number of anilines is 2. The van der Waals surface area contributed by atoms with Gasteiger partial charge in [0.2, 0.25) is 0 Å². The molecule has 6 nitrogen and oxygen atoms in total. The summed E-state index contributed by atoms with van der Waals surface area (Å²) in [6.07, 6.45) is 1.42. The standard InChI is InChI=1S/C12H15BrN4O2S/c1-3-17-7-11(12(14)15-17)20(18,19)16-9-4-5-10(13)8(2)6-9/h4-7,16H,3H2,1-2H3,(H2,14,15). The van der Waals surface area contributed by atoms with E-state index in [2.05, 4.69) is 25.8 Å². The molecule has 1 heterocycles. The van der Waals surface area contributed by atoms with Crippen molar-refractivity contribution < 1.29 is 8.42 Å². The Morgan fingerprint density at radius 1 is 1.45 bits per heavy atom. The van der Waals surface area contributed by atoms with Gasteiger partial charge >= 0.3 is 0 Å². The smallest absolute Gasteiger partial charge is 0.267 e. The van der Waals surface area contributed by atoms with Crippen LogP contribution in [-0.2, 0) is 16.6 Å². The van der Waals surface area contributed by atoms with Crippen LogP contribution in [0.25, 0.3) is 0 Å². The molecule has 0 amide bonds. The van der Waals surface area contributed by atoms with Crippen molar-refractivity contribution in [2.45, 2.75) is 25.3 Å².